The first-order valence-corrected chi connectivity index (χ1v) is 8.42. The molecule has 0 aliphatic rings. The van der Waals surface area contributed by atoms with Crippen molar-refractivity contribution in [2.75, 3.05) is 6.61 Å². The quantitative estimate of drug-likeness (QED) is 0.353. The number of carbonyl (C=O) groups is 2. The second-order valence-corrected chi connectivity index (χ2v) is 5.57. The minimum absolute atomic E-state index is 0.0337. The molecule has 27 heavy (non-hydrogen) atoms. The van der Waals surface area contributed by atoms with E-state index in [-0.39, 0.29) is 11.3 Å². The van der Waals surface area contributed by atoms with Crippen molar-refractivity contribution in [3.05, 3.63) is 65.2 Å². The van der Waals surface area contributed by atoms with E-state index in [4.69, 9.17) is 9.47 Å². The van der Waals surface area contributed by atoms with E-state index in [2.05, 4.69) is 5.32 Å². The number of nitriles is 1. The Morgan fingerprint density at radius 3 is 2.52 bits per heavy atom. The number of amides is 1. The van der Waals surface area contributed by atoms with E-state index in [1.54, 1.807) is 25.1 Å². The molecule has 1 N–H and O–H groups in total. The summed E-state index contributed by atoms with van der Waals surface area (Å²) >= 11 is 0. The second kappa shape index (κ2) is 9.78. The average molecular weight is 364 g/mol. The van der Waals surface area contributed by atoms with Gasteiger partial charge in [0.05, 0.1) is 6.61 Å². The van der Waals surface area contributed by atoms with Crippen molar-refractivity contribution >= 4 is 18.0 Å². The summed E-state index contributed by atoms with van der Waals surface area (Å²) in [6.07, 6.45) is 1.46. The maximum Gasteiger partial charge on any atom is 0.308 e. The monoisotopic (exact) mass is 364 g/mol. The topological polar surface area (TPSA) is 88.4 Å². The Bertz CT molecular complexity index is 883. The molecule has 1 amide bonds. The van der Waals surface area contributed by atoms with E-state index in [0.717, 1.165) is 5.56 Å². The molecule has 0 spiro atoms. The number of nitrogens with zero attached hydrogens (tertiary/aromatic N) is 1. The summed E-state index contributed by atoms with van der Waals surface area (Å²) in [6, 6.07) is 16.1. The lowest BCUT2D eigenvalue weighted by Gasteiger charge is -2.10. The van der Waals surface area contributed by atoms with E-state index in [1.165, 1.54) is 13.0 Å². The van der Waals surface area contributed by atoms with Gasteiger partial charge in [-0.1, -0.05) is 36.4 Å². The molecule has 6 heteroatoms. The van der Waals surface area contributed by atoms with Gasteiger partial charge >= 0.3 is 5.97 Å². The number of ether oxygens (including phenoxy) is 2. The Morgan fingerprint density at radius 2 is 1.89 bits per heavy atom. The van der Waals surface area contributed by atoms with Crippen molar-refractivity contribution in [1.29, 1.82) is 5.26 Å². The molecule has 2 aromatic carbocycles. The van der Waals surface area contributed by atoms with Crippen LogP contribution >= 0.6 is 0 Å². The van der Waals surface area contributed by atoms with Crippen LogP contribution in [0.2, 0.25) is 0 Å². The smallest absolute Gasteiger partial charge is 0.308 e. The van der Waals surface area contributed by atoms with Gasteiger partial charge in [0.15, 0.2) is 11.5 Å². The molecule has 2 rings (SSSR count). The molecule has 138 valence electrons. The lowest BCUT2D eigenvalue weighted by atomic mass is 10.1. The summed E-state index contributed by atoms with van der Waals surface area (Å²) in [5.74, 6) is -0.280. The van der Waals surface area contributed by atoms with Crippen LogP contribution in [0.25, 0.3) is 6.08 Å². The third kappa shape index (κ3) is 6.01. The molecule has 0 bridgehead atoms. The molecule has 0 aliphatic carbocycles. The fraction of sp³-hybridized carbons (Fsp3) is 0.190. The number of esters is 1. The van der Waals surface area contributed by atoms with E-state index in [9.17, 15) is 14.9 Å². The largest absolute Gasteiger partial charge is 0.490 e. The summed E-state index contributed by atoms with van der Waals surface area (Å²) in [5, 5.41) is 12.0. The molecule has 0 heterocycles. The molecule has 0 saturated heterocycles. The minimum Gasteiger partial charge on any atom is -0.490 e. The van der Waals surface area contributed by atoms with Crippen molar-refractivity contribution in [1.82, 2.24) is 5.32 Å². The van der Waals surface area contributed by atoms with Crippen molar-refractivity contribution < 1.29 is 19.1 Å². The highest BCUT2D eigenvalue weighted by Gasteiger charge is 2.12. The number of benzene rings is 2. The average Bonchev–Trinajstić information content (AvgIpc) is 2.66. The van der Waals surface area contributed by atoms with Gasteiger partial charge in [-0.15, -0.1) is 0 Å². The Hall–Kier alpha value is -3.59. The Labute approximate surface area is 158 Å². The fourth-order valence-electron chi connectivity index (χ4n) is 2.31. The summed E-state index contributed by atoms with van der Waals surface area (Å²) in [4.78, 5) is 23.4. The molecule has 0 fully saturated rings. The van der Waals surface area contributed by atoms with Gasteiger partial charge in [0.1, 0.15) is 11.6 Å². The van der Waals surface area contributed by atoms with E-state index < -0.39 is 11.9 Å². The zero-order chi connectivity index (χ0) is 19.6. The summed E-state index contributed by atoms with van der Waals surface area (Å²) in [6.45, 7) is 3.81. The van der Waals surface area contributed by atoms with Crippen LogP contribution < -0.4 is 14.8 Å². The van der Waals surface area contributed by atoms with Gasteiger partial charge in [-0.05, 0) is 36.3 Å². The Morgan fingerprint density at radius 1 is 1.15 bits per heavy atom. The number of nitrogens with one attached hydrogen (secondary N) is 1. The summed E-state index contributed by atoms with van der Waals surface area (Å²) in [5.41, 5.74) is 1.49. The molecule has 0 aliphatic heterocycles. The van der Waals surface area contributed by atoms with Crippen LogP contribution in [0, 0.1) is 11.3 Å². The second-order valence-electron chi connectivity index (χ2n) is 5.57. The van der Waals surface area contributed by atoms with Crippen LogP contribution in [0.5, 0.6) is 11.5 Å². The summed E-state index contributed by atoms with van der Waals surface area (Å²) < 4.78 is 10.6. The van der Waals surface area contributed by atoms with Gasteiger partial charge in [-0.2, -0.15) is 5.26 Å². The van der Waals surface area contributed by atoms with Gasteiger partial charge in [-0.3, -0.25) is 9.59 Å². The molecule has 0 atom stereocenters. The maximum atomic E-state index is 12.3. The normalized spacial score (nSPS) is 10.6. The third-order valence-electron chi connectivity index (χ3n) is 3.49. The van der Waals surface area contributed by atoms with Crippen molar-refractivity contribution in [3.63, 3.8) is 0 Å². The van der Waals surface area contributed by atoms with Crippen molar-refractivity contribution in [3.8, 4) is 17.6 Å². The highest BCUT2D eigenvalue weighted by molar-refractivity contribution is 6.01. The fourth-order valence-corrected chi connectivity index (χ4v) is 2.31. The molecule has 2 aromatic rings. The van der Waals surface area contributed by atoms with Gasteiger partial charge < -0.3 is 14.8 Å². The third-order valence-corrected chi connectivity index (χ3v) is 3.49. The van der Waals surface area contributed by atoms with Crippen molar-refractivity contribution in [2.45, 2.75) is 20.4 Å². The van der Waals surface area contributed by atoms with E-state index in [0.29, 0.717) is 24.5 Å². The van der Waals surface area contributed by atoms with Gasteiger partial charge in [0, 0.05) is 13.5 Å². The first-order valence-electron chi connectivity index (χ1n) is 8.42. The SMILES string of the molecule is CCOc1cc(/C=C(\C#N)C(=O)NCc2ccccc2)ccc1OC(C)=O. The molecule has 0 aromatic heterocycles. The first kappa shape index (κ1) is 19.7. The van der Waals surface area contributed by atoms with Crippen molar-refractivity contribution in [2.24, 2.45) is 0 Å². The Kier molecular flexibility index (Phi) is 7.15. The minimum atomic E-state index is -0.469. The zero-order valence-electron chi connectivity index (χ0n) is 15.2. The molecule has 0 radical (unpaired) electrons. The van der Waals surface area contributed by atoms with E-state index in [1.807, 2.05) is 36.4 Å². The number of hydrogen-bond acceptors (Lipinski definition) is 5. The standard InChI is InChI=1S/C21H20N2O4/c1-3-26-20-12-17(9-10-19(20)27-15(2)24)11-18(13-22)21(25)23-14-16-7-5-4-6-8-16/h4-12H,3,14H2,1-2H3,(H,23,25)/b18-11+. The predicted octanol–water partition coefficient (Wildman–Crippen LogP) is 3.23. The highest BCUT2D eigenvalue weighted by Crippen LogP contribution is 2.29. The molecular formula is C21H20N2O4. The number of rotatable bonds is 7. The van der Waals surface area contributed by atoms with Crippen LogP contribution in [0.4, 0.5) is 0 Å². The highest BCUT2D eigenvalue weighted by atomic mass is 16.6. The van der Waals surface area contributed by atoms with Crippen LogP contribution in [0.3, 0.4) is 0 Å². The molecule has 0 unspecified atom stereocenters. The molecule has 6 nitrogen and oxygen atoms in total. The van der Waals surface area contributed by atoms with Crippen LogP contribution in [-0.4, -0.2) is 18.5 Å². The summed E-state index contributed by atoms with van der Waals surface area (Å²) in [7, 11) is 0. The van der Waals surface area contributed by atoms with Crippen LogP contribution in [0.15, 0.2) is 54.1 Å². The number of carbonyl (C=O) groups excluding carboxylic acids is 2. The predicted molar refractivity (Wildman–Crippen MR) is 101 cm³/mol. The lowest BCUT2D eigenvalue weighted by Crippen LogP contribution is -2.23. The van der Waals surface area contributed by atoms with Gasteiger partial charge in [-0.25, -0.2) is 0 Å². The lowest BCUT2D eigenvalue weighted by molar-refractivity contribution is -0.132. The Balaban J connectivity index is 2.18. The molecular weight excluding hydrogens is 344 g/mol. The van der Waals surface area contributed by atoms with Gasteiger partial charge in [0.25, 0.3) is 5.91 Å². The first-order chi connectivity index (χ1) is 13.0. The zero-order valence-corrected chi connectivity index (χ0v) is 15.2. The molecule has 0 saturated carbocycles. The van der Waals surface area contributed by atoms with Gasteiger partial charge in [0.2, 0.25) is 0 Å². The number of hydrogen-bond donors (Lipinski definition) is 1. The van der Waals surface area contributed by atoms with E-state index >= 15 is 0 Å². The van der Waals surface area contributed by atoms with Crippen LogP contribution in [-0.2, 0) is 16.1 Å². The maximum absolute atomic E-state index is 12.3. The van der Waals surface area contributed by atoms with Crippen LogP contribution in [0.1, 0.15) is 25.0 Å².